The number of hydrogen-bond donors (Lipinski definition) is 2. The molecule has 2 fully saturated rings. The van der Waals surface area contributed by atoms with Crippen molar-refractivity contribution in [3.05, 3.63) is 0 Å². The van der Waals surface area contributed by atoms with Crippen LogP contribution in [0.1, 0.15) is 32.6 Å². The van der Waals surface area contributed by atoms with Crippen LogP contribution in [-0.4, -0.2) is 35.6 Å². The van der Waals surface area contributed by atoms with Gasteiger partial charge in [0, 0.05) is 6.54 Å². The van der Waals surface area contributed by atoms with Crippen LogP contribution >= 0.6 is 0 Å². The molecule has 16 heavy (non-hydrogen) atoms. The maximum atomic E-state index is 8.58. The van der Waals surface area contributed by atoms with E-state index in [1.54, 1.807) is 0 Å². The highest BCUT2D eigenvalue weighted by atomic mass is 16.4. The summed E-state index contributed by atoms with van der Waals surface area (Å²) in [6.45, 7) is 4.83. The average Bonchev–Trinajstić information content (AvgIpc) is 2.89. The fourth-order valence-corrected chi connectivity index (χ4v) is 3.50. The van der Waals surface area contributed by atoms with E-state index in [0.29, 0.717) is 12.4 Å². The fourth-order valence-electron chi connectivity index (χ4n) is 3.50. The molecule has 0 amide bonds. The summed E-state index contributed by atoms with van der Waals surface area (Å²) >= 11 is 0. The van der Waals surface area contributed by atoms with E-state index in [9.17, 15) is 0 Å². The van der Waals surface area contributed by atoms with Crippen molar-refractivity contribution < 1.29 is 5.21 Å². The number of nitrogens with two attached hydrogens (primary N) is 1. The zero-order valence-corrected chi connectivity index (χ0v) is 10.1. The summed E-state index contributed by atoms with van der Waals surface area (Å²) in [4.78, 5) is 2.29. The Bertz CT molecular complexity index is 267. The third-order valence-electron chi connectivity index (χ3n) is 4.34. The Balaban J connectivity index is 1.82. The Morgan fingerprint density at radius 1 is 1.44 bits per heavy atom. The Kier molecular flexibility index (Phi) is 3.69. The van der Waals surface area contributed by atoms with Gasteiger partial charge in [-0.2, -0.15) is 0 Å². The molecule has 2 rings (SSSR count). The highest BCUT2D eigenvalue weighted by Gasteiger charge is 2.39. The van der Waals surface area contributed by atoms with Gasteiger partial charge in [-0.15, -0.1) is 0 Å². The van der Waals surface area contributed by atoms with Crippen LogP contribution in [0.4, 0.5) is 0 Å². The van der Waals surface area contributed by atoms with Gasteiger partial charge in [0.05, 0.1) is 6.54 Å². The standard InChI is InChI=1S/C12H23N3O/c1-2-15(8-12(13)14-16)7-11-6-9-3-4-10(11)5-9/h9-11,16H,2-8H2,1H3,(H2,13,14). The van der Waals surface area contributed by atoms with Gasteiger partial charge in [-0.05, 0) is 43.6 Å². The minimum atomic E-state index is 0.324. The first-order chi connectivity index (χ1) is 7.72. The van der Waals surface area contributed by atoms with Gasteiger partial charge in [0.2, 0.25) is 0 Å². The molecule has 2 saturated carbocycles. The maximum absolute atomic E-state index is 8.58. The SMILES string of the molecule is CCN(CC(N)=NO)CC1CC2CCC1C2. The number of nitrogens with zero attached hydrogens (tertiary/aromatic N) is 2. The molecule has 3 unspecified atom stereocenters. The lowest BCUT2D eigenvalue weighted by Gasteiger charge is -2.28. The molecular formula is C12H23N3O. The van der Waals surface area contributed by atoms with Crippen LogP contribution in [0.5, 0.6) is 0 Å². The molecule has 2 aliphatic rings. The summed E-state index contributed by atoms with van der Waals surface area (Å²) in [5.41, 5.74) is 5.56. The van der Waals surface area contributed by atoms with Crippen LogP contribution in [0.25, 0.3) is 0 Å². The Morgan fingerprint density at radius 3 is 2.75 bits per heavy atom. The summed E-state index contributed by atoms with van der Waals surface area (Å²) in [5.74, 6) is 3.12. The predicted molar refractivity (Wildman–Crippen MR) is 64.5 cm³/mol. The minimum Gasteiger partial charge on any atom is -0.409 e. The van der Waals surface area contributed by atoms with Crippen LogP contribution < -0.4 is 5.73 Å². The topological polar surface area (TPSA) is 61.8 Å². The molecule has 0 spiro atoms. The smallest absolute Gasteiger partial charge is 0.153 e. The summed E-state index contributed by atoms with van der Waals surface area (Å²) in [6.07, 6.45) is 5.73. The number of likely N-dealkylation sites (N-methyl/N-ethyl adjacent to an activating group) is 1. The highest BCUT2D eigenvalue weighted by Crippen LogP contribution is 2.48. The summed E-state index contributed by atoms with van der Waals surface area (Å²) in [5, 5.41) is 11.6. The lowest BCUT2D eigenvalue weighted by Crippen LogP contribution is -2.38. The average molecular weight is 225 g/mol. The first-order valence-electron chi connectivity index (χ1n) is 6.41. The molecule has 4 nitrogen and oxygen atoms in total. The van der Waals surface area contributed by atoms with E-state index in [1.807, 2.05) is 0 Å². The second-order valence-electron chi connectivity index (χ2n) is 5.35. The van der Waals surface area contributed by atoms with Gasteiger partial charge in [0.25, 0.3) is 0 Å². The van der Waals surface area contributed by atoms with Crippen molar-refractivity contribution in [3.8, 4) is 0 Å². The van der Waals surface area contributed by atoms with Crippen molar-refractivity contribution in [2.24, 2.45) is 28.6 Å². The summed E-state index contributed by atoms with van der Waals surface area (Å²) < 4.78 is 0. The number of rotatable bonds is 5. The molecule has 3 atom stereocenters. The van der Waals surface area contributed by atoms with E-state index < -0.39 is 0 Å². The van der Waals surface area contributed by atoms with Crippen LogP contribution in [0.2, 0.25) is 0 Å². The van der Waals surface area contributed by atoms with Crippen LogP contribution in [0, 0.1) is 17.8 Å². The largest absolute Gasteiger partial charge is 0.409 e. The first kappa shape index (κ1) is 11.7. The molecule has 0 saturated heterocycles. The molecular weight excluding hydrogens is 202 g/mol. The Morgan fingerprint density at radius 2 is 2.25 bits per heavy atom. The maximum Gasteiger partial charge on any atom is 0.153 e. The zero-order valence-electron chi connectivity index (χ0n) is 10.1. The van der Waals surface area contributed by atoms with Crippen molar-refractivity contribution in [3.63, 3.8) is 0 Å². The van der Waals surface area contributed by atoms with Gasteiger partial charge in [0.1, 0.15) is 0 Å². The molecule has 4 heteroatoms. The van der Waals surface area contributed by atoms with Gasteiger partial charge in [0.15, 0.2) is 5.84 Å². The number of amidine groups is 1. The van der Waals surface area contributed by atoms with Gasteiger partial charge in [-0.3, -0.25) is 4.90 Å². The molecule has 0 aromatic carbocycles. The molecule has 0 heterocycles. The Hall–Kier alpha value is -0.770. The monoisotopic (exact) mass is 225 g/mol. The molecule has 0 aromatic heterocycles. The highest BCUT2D eigenvalue weighted by molar-refractivity contribution is 5.81. The van der Waals surface area contributed by atoms with Crippen LogP contribution in [-0.2, 0) is 0 Å². The third kappa shape index (κ3) is 2.48. The van der Waals surface area contributed by atoms with E-state index in [4.69, 9.17) is 10.9 Å². The second kappa shape index (κ2) is 5.04. The lowest BCUT2D eigenvalue weighted by molar-refractivity contribution is 0.213. The van der Waals surface area contributed by atoms with E-state index in [1.165, 1.54) is 25.7 Å². The van der Waals surface area contributed by atoms with Crippen molar-refractivity contribution in [2.75, 3.05) is 19.6 Å². The molecule has 0 aromatic rings. The van der Waals surface area contributed by atoms with Crippen LogP contribution in [0.3, 0.4) is 0 Å². The summed E-state index contributed by atoms with van der Waals surface area (Å²) in [7, 11) is 0. The van der Waals surface area contributed by atoms with E-state index in [2.05, 4.69) is 17.0 Å². The predicted octanol–water partition coefficient (Wildman–Crippen LogP) is 1.49. The summed E-state index contributed by atoms with van der Waals surface area (Å²) in [6, 6.07) is 0. The second-order valence-corrected chi connectivity index (χ2v) is 5.35. The van der Waals surface area contributed by atoms with Crippen molar-refractivity contribution in [1.29, 1.82) is 0 Å². The number of oxime groups is 1. The molecule has 0 aliphatic heterocycles. The van der Waals surface area contributed by atoms with Crippen molar-refractivity contribution >= 4 is 5.84 Å². The number of fused-ring (bicyclic) bond motifs is 2. The lowest BCUT2D eigenvalue weighted by atomic mass is 9.88. The number of hydrogen-bond acceptors (Lipinski definition) is 3. The van der Waals surface area contributed by atoms with Gasteiger partial charge in [-0.1, -0.05) is 18.5 Å². The quantitative estimate of drug-likeness (QED) is 0.322. The van der Waals surface area contributed by atoms with E-state index in [-0.39, 0.29) is 0 Å². The van der Waals surface area contributed by atoms with E-state index in [0.717, 1.165) is 30.8 Å². The molecule has 0 radical (unpaired) electrons. The van der Waals surface area contributed by atoms with Crippen molar-refractivity contribution in [2.45, 2.75) is 32.6 Å². The molecule has 3 N–H and O–H groups in total. The third-order valence-corrected chi connectivity index (χ3v) is 4.34. The van der Waals surface area contributed by atoms with Crippen molar-refractivity contribution in [1.82, 2.24) is 4.90 Å². The molecule has 92 valence electrons. The van der Waals surface area contributed by atoms with Crippen LogP contribution in [0.15, 0.2) is 5.16 Å². The Labute approximate surface area is 97.5 Å². The zero-order chi connectivity index (χ0) is 11.5. The van der Waals surface area contributed by atoms with E-state index >= 15 is 0 Å². The van der Waals surface area contributed by atoms with Gasteiger partial charge >= 0.3 is 0 Å². The van der Waals surface area contributed by atoms with Gasteiger partial charge in [-0.25, -0.2) is 0 Å². The van der Waals surface area contributed by atoms with Gasteiger partial charge < -0.3 is 10.9 Å². The molecule has 2 aliphatic carbocycles. The fraction of sp³-hybridized carbons (Fsp3) is 0.917. The first-order valence-corrected chi connectivity index (χ1v) is 6.41. The minimum absolute atomic E-state index is 0.324. The normalized spacial score (nSPS) is 33.9. The molecule has 2 bridgehead atoms.